The van der Waals surface area contributed by atoms with E-state index in [1.54, 1.807) is 0 Å². The second-order valence-electron chi connectivity index (χ2n) is 12.9. The van der Waals surface area contributed by atoms with Gasteiger partial charge in [0.1, 0.15) is 23.5 Å². The van der Waals surface area contributed by atoms with Crippen LogP contribution in [0.4, 0.5) is 0 Å². The summed E-state index contributed by atoms with van der Waals surface area (Å²) in [4.78, 5) is 62.4. The molecule has 1 aromatic heterocycles. The van der Waals surface area contributed by atoms with Gasteiger partial charge in [-0.2, -0.15) is 4.37 Å². The predicted octanol–water partition coefficient (Wildman–Crippen LogP) is 4.92. The van der Waals surface area contributed by atoms with Gasteiger partial charge in [0.2, 0.25) is 5.91 Å². The van der Waals surface area contributed by atoms with Crippen molar-refractivity contribution in [2.75, 3.05) is 19.9 Å². The van der Waals surface area contributed by atoms with Crippen LogP contribution < -0.4 is 0 Å². The highest BCUT2D eigenvalue weighted by molar-refractivity contribution is 7.05. The van der Waals surface area contributed by atoms with E-state index in [0.717, 1.165) is 37.5 Å². The van der Waals surface area contributed by atoms with Gasteiger partial charge in [0.05, 0.1) is 6.54 Å². The van der Waals surface area contributed by atoms with Gasteiger partial charge in [-0.1, -0.05) is 68.2 Å². The molecule has 3 aliphatic heterocycles. The van der Waals surface area contributed by atoms with E-state index in [9.17, 15) is 19.2 Å². The minimum atomic E-state index is -1.34. The van der Waals surface area contributed by atoms with Crippen LogP contribution in [0.3, 0.4) is 0 Å². The summed E-state index contributed by atoms with van der Waals surface area (Å²) in [5, 5.41) is 0.726. The number of carbonyl (C=O) groups is 4. The molecular weight excluding hydrogens is 607 g/mol. The fourth-order valence-corrected chi connectivity index (χ4v) is 7.37. The Hall–Kier alpha value is -4.00. The molecule has 10 nitrogen and oxygen atoms in total. The van der Waals surface area contributed by atoms with Gasteiger partial charge in [0.15, 0.2) is 5.82 Å². The first-order valence-electron chi connectivity index (χ1n) is 15.4. The second kappa shape index (κ2) is 12.8. The Kier molecular flexibility index (Phi) is 8.80. The van der Waals surface area contributed by atoms with Gasteiger partial charge < -0.3 is 9.64 Å². The van der Waals surface area contributed by atoms with Gasteiger partial charge in [0.25, 0.3) is 17.7 Å². The average Bonchev–Trinajstić information content (AvgIpc) is 3.59. The van der Waals surface area contributed by atoms with E-state index in [2.05, 4.69) is 48.3 Å². The molecule has 0 bridgehead atoms. The standard InChI is InChI=1S/C33H37N5O5SSi/c1-45(2,3)18-17-43-21-37-28(39)15-14-26(32(37)41)38-31(40)25-13-8-16-36(29(25)33(38)42)20-27-34-30(35-44-27)24-12-7-11-23(19-24)22-9-5-4-6-10-22/h4-7,9-12,19,26H,8,13-18,20-21H2,1-3H3. The second-order valence-corrected chi connectivity index (χ2v) is 19.3. The minimum Gasteiger partial charge on any atom is -0.361 e. The number of carbonyl (C=O) groups excluding carboxylic acids is 4. The molecule has 1 saturated heterocycles. The highest BCUT2D eigenvalue weighted by Crippen LogP contribution is 2.36. The number of ether oxygens (including phenoxy) is 1. The van der Waals surface area contributed by atoms with Crippen LogP contribution in [0.2, 0.25) is 25.7 Å². The van der Waals surface area contributed by atoms with Crippen LogP contribution in [-0.4, -0.2) is 81.7 Å². The summed E-state index contributed by atoms with van der Waals surface area (Å²) in [6.07, 6.45) is 1.34. The Morgan fingerprint density at radius 2 is 1.69 bits per heavy atom. The Balaban J connectivity index is 1.15. The Labute approximate surface area is 267 Å². The molecule has 1 fully saturated rings. The molecule has 234 valence electrons. The number of rotatable bonds is 10. The highest BCUT2D eigenvalue weighted by atomic mass is 32.1. The quantitative estimate of drug-likeness (QED) is 0.174. The van der Waals surface area contributed by atoms with Crippen molar-refractivity contribution in [1.82, 2.24) is 24.1 Å². The van der Waals surface area contributed by atoms with Crippen LogP contribution in [0.25, 0.3) is 22.5 Å². The van der Waals surface area contributed by atoms with Gasteiger partial charge in [-0.15, -0.1) is 0 Å². The molecule has 12 heteroatoms. The zero-order valence-corrected chi connectivity index (χ0v) is 27.6. The van der Waals surface area contributed by atoms with Crippen molar-refractivity contribution >= 4 is 43.2 Å². The molecule has 0 saturated carbocycles. The third-order valence-electron chi connectivity index (χ3n) is 8.39. The van der Waals surface area contributed by atoms with E-state index in [0.29, 0.717) is 49.6 Å². The molecule has 0 aliphatic carbocycles. The van der Waals surface area contributed by atoms with Crippen molar-refractivity contribution in [2.45, 2.75) is 64.0 Å². The van der Waals surface area contributed by atoms with Crippen LogP contribution in [0.15, 0.2) is 65.9 Å². The van der Waals surface area contributed by atoms with Gasteiger partial charge in [0, 0.05) is 38.8 Å². The summed E-state index contributed by atoms with van der Waals surface area (Å²) in [7, 11) is -1.34. The number of likely N-dealkylation sites (tertiary alicyclic amines) is 1. The number of hydrogen-bond donors (Lipinski definition) is 0. The van der Waals surface area contributed by atoms with Crippen LogP contribution in [0.5, 0.6) is 0 Å². The van der Waals surface area contributed by atoms with E-state index < -0.39 is 31.8 Å². The summed E-state index contributed by atoms with van der Waals surface area (Å²) < 4.78 is 10.3. The lowest BCUT2D eigenvalue weighted by Gasteiger charge is -2.34. The molecule has 0 N–H and O–H groups in total. The Morgan fingerprint density at radius 1 is 0.933 bits per heavy atom. The van der Waals surface area contributed by atoms with Gasteiger partial charge >= 0.3 is 0 Å². The maximum absolute atomic E-state index is 13.8. The maximum atomic E-state index is 13.8. The Bertz CT molecular complexity index is 1670. The molecule has 0 radical (unpaired) electrons. The van der Waals surface area contributed by atoms with Crippen LogP contribution in [0.1, 0.15) is 30.7 Å². The monoisotopic (exact) mass is 643 g/mol. The molecule has 2 aromatic carbocycles. The highest BCUT2D eigenvalue weighted by Gasteiger charge is 2.50. The van der Waals surface area contributed by atoms with Crippen LogP contribution >= 0.6 is 11.5 Å². The number of aromatic nitrogens is 2. The molecule has 45 heavy (non-hydrogen) atoms. The molecule has 1 atom stereocenters. The summed E-state index contributed by atoms with van der Waals surface area (Å²) in [5.41, 5.74) is 3.83. The molecule has 3 aliphatic rings. The summed E-state index contributed by atoms with van der Waals surface area (Å²) in [6.45, 7) is 7.87. The first-order valence-corrected chi connectivity index (χ1v) is 19.8. The van der Waals surface area contributed by atoms with Gasteiger partial charge in [-0.3, -0.25) is 29.0 Å². The lowest BCUT2D eigenvalue weighted by atomic mass is 10.0. The summed E-state index contributed by atoms with van der Waals surface area (Å²) >= 11 is 1.27. The van der Waals surface area contributed by atoms with E-state index in [1.165, 1.54) is 11.5 Å². The lowest BCUT2D eigenvalue weighted by Crippen LogP contribution is -2.57. The van der Waals surface area contributed by atoms with Gasteiger partial charge in [-0.25, -0.2) is 4.98 Å². The molecule has 4 amide bonds. The molecule has 0 spiro atoms. The van der Waals surface area contributed by atoms with Crippen molar-refractivity contribution < 1.29 is 23.9 Å². The summed E-state index contributed by atoms with van der Waals surface area (Å²) in [5.74, 6) is -1.22. The first-order chi connectivity index (χ1) is 21.6. The van der Waals surface area contributed by atoms with Crippen LogP contribution in [0, 0.1) is 0 Å². The van der Waals surface area contributed by atoms with Crippen molar-refractivity contribution in [3.63, 3.8) is 0 Å². The number of nitrogens with zero attached hydrogens (tertiary/aromatic N) is 5. The predicted molar refractivity (Wildman–Crippen MR) is 173 cm³/mol. The van der Waals surface area contributed by atoms with Crippen molar-refractivity contribution in [1.29, 1.82) is 0 Å². The van der Waals surface area contributed by atoms with Crippen molar-refractivity contribution in [2.24, 2.45) is 0 Å². The Morgan fingerprint density at radius 3 is 2.47 bits per heavy atom. The third-order valence-corrected chi connectivity index (χ3v) is 10.8. The number of benzene rings is 2. The zero-order chi connectivity index (χ0) is 31.7. The number of hydrogen-bond acceptors (Lipinski definition) is 9. The van der Waals surface area contributed by atoms with E-state index in [4.69, 9.17) is 9.72 Å². The van der Waals surface area contributed by atoms with Crippen molar-refractivity contribution in [3.8, 4) is 22.5 Å². The number of imide groups is 2. The largest absolute Gasteiger partial charge is 0.361 e. The van der Waals surface area contributed by atoms with E-state index in [1.807, 2.05) is 35.2 Å². The first kappa shape index (κ1) is 31.0. The lowest BCUT2D eigenvalue weighted by molar-refractivity contribution is -0.164. The average molecular weight is 644 g/mol. The molecule has 4 heterocycles. The normalized spacial score (nSPS) is 19.2. The minimum absolute atomic E-state index is 0.0677. The SMILES string of the molecule is C[Si](C)(C)CCOCN1C(=O)CCC(N2C(=O)C3=C(C2=O)N(Cc2nc(-c4cccc(-c5ccccc5)c4)ns2)CCC3)C1=O. The van der Waals surface area contributed by atoms with Gasteiger partial charge in [-0.05, 0) is 54.0 Å². The number of piperidine rings is 1. The van der Waals surface area contributed by atoms with E-state index in [-0.39, 0.29) is 25.5 Å². The van der Waals surface area contributed by atoms with Crippen LogP contribution in [-0.2, 0) is 30.5 Å². The van der Waals surface area contributed by atoms with Crippen molar-refractivity contribution in [3.05, 3.63) is 70.9 Å². The third kappa shape index (κ3) is 6.54. The maximum Gasteiger partial charge on any atom is 0.278 e. The fraction of sp³-hybridized carbons (Fsp3) is 0.394. The zero-order valence-electron chi connectivity index (χ0n) is 25.8. The molecule has 1 unspecified atom stereocenters. The van der Waals surface area contributed by atoms with E-state index >= 15 is 0 Å². The smallest absolute Gasteiger partial charge is 0.278 e. The summed E-state index contributed by atoms with van der Waals surface area (Å²) in [6, 6.07) is 18.1. The molecule has 3 aromatic rings. The topological polar surface area (TPSA) is 113 Å². The fourth-order valence-electron chi connectivity index (χ4n) is 5.93. The molecular formula is C33H37N5O5SSi. The molecule has 6 rings (SSSR count). The number of amides is 4.